The first-order chi connectivity index (χ1) is 10.2. The molecule has 0 bridgehead atoms. The van der Waals surface area contributed by atoms with Crippen molar-refractivity contribution in [3.63, 3.8) is 0 Å². The highest BCUT2D eigenvalue weighted by atomic mass is 32.2. The number of thioether (sulfide) groups is 1. The van der Waals surface area contributed by atoms with Crippen molar-refractivity contribution >= 4 is 23.5 Å². The van der Waals surface area contributed by atoms with E-state index in [4.69, 9.17) is 0 Å². The summed E-state index contributed by atoms with van der Waals surface area (Å²) in [5, 5.41) is 6.01. The second kappa shape index (κ2) is 8.29. The Kier molecular flexibility index (Phi) is 6.39. The van der Waals surface area contributed by atoms with Gasteiger partial charge in [-0.3, -0.25) is 0 Å². The molecular weight excluding hydrogens is 282 g/mol. The van der Waals surface area contributed by atoms with Crippen LogP contribution in [0, 0.1) is 0 Å². The Morgan fingerprint density at radius 2 is 2.14 bits per heavy atom. The summed E-state index contributed by atoms with van der Waals surface area (Å²) in [7, 11) is 0. The Bertz CT molecular complexity index is 459. The Morgan fingerprint density at radius 1 is 1.38 bits per heavy atom. The van der Waals surface area contributed by atoms with Gasteiger partial charge in [0.2, 0.25) is 0 Å². The number of piperidine rings is 1. The number of hydrogen-bond donors (Lipinski definition) is 2. The van der Waals surface area contributed by atoms with Crippen LogP contribution < -0.4 is 10.6 Å². The number of likely N-dealkylation sites (tertiary alicyclic amines) is 1. The van der Waals surface area contributed by atoms with Gasteiger partial charge in [-0.05, 0) is 50.3 Å². The van der Waals surface area contributed by atoms with Gasteiger partial charge in [-0.15, -0.1) is 11.8 Å². The molecule has 2 N–H and O–H groups in total. The molecule has 0 spiro atoms. The van der Waals surface area contributed by atoms with Gasteiger partial charge in [-0.25, -0.2) is 4.79 Å². The molecule has 4 nitrogen and oxygen atoms in total. The second-order valence-electron chi connectivity index (χ2n) is 5.45. The molecule has 1 aromatic rings. The topological polar surface area (TPSA) is 44.4 Å². The third kappa shape index (κ3) is 5.25. The SMILES string of the molecule is CCCN1CCC(NC(=O)Nc2cccc(SC)c2)CC1. The van der Waals surface area contributed by atoms with Gasteiger partial charge in [0.1, 0.15) is 0 Å². The molecule has 1 fully saturated rings. The molecule has 21 heavy (non-hydrogen) atoms. The molecule has 1 heterocycles. The number of hydrogen-bond acceptors (Lipinski definition) is 3. The third-order valence-electron chi connectivity index (χ3n) is 3.79. The minimum atomic E-state index is -0.0952. The molecule has 1 saturated heterocycles. The standard InChI is InChI=1S/C16H25N3OS/c1-3-9-19-10-7-13(8-11-19)17-16(20)18-14-5-4-6-15(12-14)21-2/h4-6,12-13H,3,7-11H2,1-2H3,(H2,17,18,20). The number of nitrogens with zero attached hydrogens (tertiary/aromatic N) is 1. The molecule has 1 aliphatic heterocycles. The minimum Gasteiger partial charge on any atom is -0.335 e. The molecule has 0 saturated carbocycles. The molecule has 5 heteroatoms. The second-order valence-corrected chi connectivity index (χ2v) is 6.33. The van der Waals surface area contributed by atoms with Crippen molar-refractivity contribution in [1.82, 2.24) is 10.2 Å². The molecule has 2 rings (SSSR count). The largest absolute Gasteiger partial charge is 0.335 e. The molecule has 1 aromatic carbocycles. The predicted octanol–water partition coefficient (Wildman–Crippen LogP) is 3.40. The van der Waals surface area contributed by atoms with Crippen molar-refractivity contribution in [2.45, 2.75) is 37.1 Å². The van der Waals surface area contributed by atoms with Crippen molar-refractivity contribution in [1.29, 1.82) is 0 Å². The van der Waals surface area contributed by atoms with E-state index in [9.17, 15) is 4.79 Å². The molecule has 0 atom stereocenters. The quantitative estimate of drug-likeness (QED) is 0.819. The molecule has 0 unspecified atom stereocenters. The Labute approximate surface area is 131 Å². The number of urea groups is 1. The smallest absolute Gasteiger partial charge is 0.319 e. The van der Waals surface area contributed by atoms with Crippen molar-refractivity contribution in [2.24, 2.45) is 0 Å². The van der Waals surface area contributed by atoms with E-state index < -0.39 is 0 Å². The summed E-state index contributed by atoms with van der Waals surface area (Å²) in [6.45, 7) is 5.54. The van der Waals surface area contributed by atoms with Crippen LogP contribution in [0.5, 0.6) is 0 Å². The fraction of sp³-hybridized carbons (Fsp3) is 0.562. The lowest BCUT2D eigenvalue weighted by atomic mass is 10.1. The maximum absolute atomic E-state index is 12.0. The Balaban J connectivity index is 1.77. The van der Waals surface area contributed by atoms with Gasteiger partial charge in [0, 0.05) is 29.7 Å². The lowest BCUT2D eigenvalue weighted by Crippen LogP contribution is -2.46. The highest BCUT2D eigenvalue weighted by molar-refractivity contribution is 7.98. The number of rotatable bonds is 5. The van der Waals surface area contributed by atoms with E-state index in [0.717, 1.165) is 36.5 Å². The number of benzene rings is 1. The zero-order valence-corrected chi connectivity index (χ0v) is 13.7. The van der Waals surface area contributed by atoms with Crippen LogP contribution in [0.15, 0.2) is 29.2 Å². The maximum Gasteiger partial charge on any atom is 0.319 e. The van der Waals surface area contributed by atoms with Crippen LogP contribution in [0.3, 0.4) is 0 Å². The van der Waals surface area contributed by atoms with Crippen LogP contribution in [-0.2, 0) is 0 Å². The summed E-state index contributed by atoms with van der Waals surface area (Å²) < 4.78 is 0. The van der Waals surface area contributed by atoms with Gasteiger partial charge >= 0.3 is 6.03 Å². The molecule has 0 aromatic heterocycles. The fourth-order valence-electron chi connectivity index (χ4n) is 2.67. The van der Waals surface area contributed by atoms with Gasteiger partial charge in [0.25, 0.3) is 0 Å². The summed E-state index contributed by atoms with van der Waals surface area (Å²) in [6.07, 6.45) is 5.31. The van der Waals surface area contributed by atoms with E-state index in [1.54, 1.807) is 11.8 Å². The number of carbonyl (C=O) groups excluding carboxylic acids is 1. The van der Waals surface area contributed by atoms with Crippen LogP contribution in [0.25, 0.3) is 0 Å². The molecule has 2 amide bonds. The molecule has 116 valence electrons. The number of nitrogens with one attached hydrogen (secondary N) is 2. The normalized spacial score (nSPS) is 16.7. The van der Waals surface area contributed by atoms with Crippen LogP contribution in [0.2, 0.25) is 0 Å². The van der Waals surface area contributed by atoms with Crippen molar-refractivity contribution in [3.05, 3.63) is 24.3 Å². The summed E-state index contributed by atoms with van der Waals surface area (Å²) in [6, 6.07) is 8.11. The van der Waals surface area contributed by atoms with E-state index in [0.29, 0.717) is 6.04 Å². The van der Waals surface area contributed by atoms with Crippen molar-refractivity contribution in [2.75, 3.05) is 31.2 Å². The number of anilines is 1. The van der Waals surface area contributed by atoms with E-state index in [-0.39, 0.29) is 6.03 Å². The van der Waals surface area contributed by atoms with E-state index in [2.05, 4.69) is 22.5 Å². The Morgan fingerprint density at radius 3 is 2.81 bits per heavy atom. The van der Waals surface area contributed by atoms with Crippen molar-refractivity contribution in [3.8, 4) is 0 Å². The zero-order chi connectivity index (χ0) is 15.1. The number of carbonyl (C=O) groups is 1. The number of amides is 2. The van der Waals surface area contributed by atoms with Gasteiger partial charge in [-0.1, -0.05) is 13.0 Å². The van der Waals surface area contributed by atoms with Crippen LogP contribution in [0.4, 0.5) is 10.5 Å². The third-order valence-corrected chi connectivity index (χ3v) is 4.52. The van der Waals surface area contributed by atoms with Crippen LogP contribution >= 0.6 is 11.8 Å². The van der Waals surface area contributed by atoms with E-state index in [1.165, 1.54) is 13.0 Å². The first-order valence-corrected chi connectivity index (χ1v) is 8.87. The first kappa shape index (κ1) is 16.2. The molecular formula is C16H25N3OS. The highest BCUT2D eigenvalue weighted by Gasteiger charge is 2.19. The lowest BCUT2D eigenvalue weighted by Gasteiger charge is -2.32. The van der Waals surface area contributed by atoms with Gasteiger partial charge in [-0.2, -0.15) is 0 Å². The Hall–Kier alpha value is -1.20. The van der Waals surface area contributed by atoms with Gasteiger partial charge in [0.15, 0.2) is 0 Å². The van der Waals surface area contributed by atoms with Crippen LogP contribution in [-0.4, -0.2) is 42.9 Å². The summed E-state index contributed by atoms with van der Waals surface area (Å²) >= 11 is 1.67. The molecule has 1 aliphatic rings. The van der Waals surface area contributed by atoms with Gasteiger partial charge in [0.05, 0.1) is 0 Å². The van der Waals surface area contributed by atoms with Crippen LogP contribution in [0.1, 0.15) is 26.2 Å². The monoisotopic (exact) mass is 307 g/mol. The van der Waals surface area contributed by atoms with Gasteiger partial charge < -0.3 is 15.5 Å². The highest BCUT2D eigenvalue weighted by Crippen LogP contribution is 2.19. The summed E-state index contributed by atoms with van der Waals surface area (Å²) in [5.74, 6) is 0. The zero-order valence-electron chi connectivity index (χ0n) is 12.9. The maximum atomic E-state index is 12.0. The molecule has 0 radical (unpaired) electrons. The molecule has 0 aliphatic carbocycles. The van der Waals surface area contributed by atoms with E-state index in [1.807, 2.05) is 30.5 Å². The predicted molar refractivity (Wildman–Crippen MR) is 90.1 cm³/mol. The minimum absolute atomic E-state index is 0.0952. The summed E-state index contributed by atoms with van der Waals surface area (Å²) in [5.41, 5.74) is 0.850. The summed E-state index contributed by atoms with van der Waals surface area (Å²) in [4.78, 5) is 15.7. The fourth-order valence-corrected chi connectivity index (χ4v) is 3.13. The van der Waals surface area contributed by atoms with Crippen molar-refractivity contribution < 1.29 is 4.79 Å². The van der Waals surface area contributed by atoms with E-state index >= 15 is 0 Å². The first-order valence-electron chi connectivity index (χ1n) is 7.65. The lowest BCUT2D eigenvalue weighted by molar-refractivity contribution is 0.196. The average Bonchev–Trinajstić information content (AvgIpc) is 2.49. The average molecular weight is 307 g/mol.